The van der Waals surface area contributed by atoms with E-state index in [1.807, 2.05) is 37.3 Å². The summed E-state index contributed by atoms with van der Waals surface area (Å²) in [6.07, 6.45) is 3.37. The van der Waals surface area contributed by atoms with Crippen LogP contribution in [0.25, 0.3) is 5.69 Å². The maximum absolute atomic E-state index is 11.4. The average molecular weight is 275 g/mol. The summed E-state index contributed by atoms with van der Waals surface area (Å²) in [6.45, 7) is 2.28. The van der Waals surface area contributed by atoms with E-state index in [2.05, 4.69) is 10.1 Å². The quantitative estimate of drug-likeness (QED) is 0.571. The molecule has 0 spiro atoms. The van der Waals surface area contributed by atoms with Crippen molar-refractivity contribution < 1.29 is 14.3 Å². The van der Waals surface area contributed by atoms with Crippen molar-refractivity contribution >= 4 is 5.97 Å². The van der Waals surface area contributed by atoms with Gasteiger partial charge in [0.2, 0.25) is 0 Å². The van der Waals surface area contributed by atoms with Gasteiger partial charge in [-0.15, -0.1) is 5.10 Å². The van der Waals surface area contributed by atoms with E-state index in [4.69, 9.17) is 9.47 Å². The summed E-state index contributed by atoms with van der Waals surface area (Å²) in [5, 5.41) is 4.12. The van der Waals surface area contributed by atoms with Crippen LogP contribution in [0, 0.1) is 0 Å². The number of carbonyl (C=O) groups is 1. The highest BCUT2D eigenvalue weighted by Gasteiger charge is 2.08. The number of hydrogen-bond acceptors (Lipinski definition) is 5. The van der Waals surface area contributed by atoms with Gasteiger partial charge in [-0.3, -0.25) is 0 Å². The van der Waals surface area contributed by atoms with Gasteiger partial charge in [-0.1, -0.05) is 31.5 Å². The van der Waals surface area contributed by atoms with E-state index in [1.165, 1.54) is 6.33 Å². The molecule has 2 aromatic rings. The number of unbranched alkanes of at least 4 members (excludes halogenated alkanes) is 1. The Morgan fingerprint density at radius 1 is 1.30 bits per heavy atom. The van der Waals surface area contributed by atoms with Crippen LogP contribution in [0.5, 0.6) is 6.01 Å². The maximum atomic E-state index is 11.4. The number of rotatable bonds is 7. The lowest BCUT2D eigenvalue weighted by Crippen LogP contribution is -2.16. The molecule has 0 atom stereocenters. The molecule has 20 heavy (non-hydrogen) atoms. The molecule has 6 heteroatoms. The molecule has 0 radical (unpaired) electrons. The van der Waals surface area contributed by atoms with Crippen LogP contribution < -0.4 is 4.74 Å². The summed E-state index contributed by atoms with van der Waals surface area (Å²) in [5.41, 5.74) is 0.875. The zero-order valence-electron chi connectivity index (χ0n) is 11.4. The summed E-state index contributed by atoms with van der Waals surface area (Å²) in [5.74, 6) is -0.408. The van der Waals surface area contributed by atoms with Crippen LogP contribution in [0.1, 0.15) is 19.8 Å². The van der Waals surface area contributed by atoms with Crippen LogP contribution in [0.15, 0.2) is 36.7 Å². The lowest BCUT2D eigenvalue weighted by atomic mass is 10.3. The monoisotopic (exact) mass is 275 g/mol. The van der Waals surface area contributed by atoms with Gasteiger partial charge < -0.3 is 9.47 Å². The minimum Gasteiger partial charge on any atom is -0.463 e. The summed E-state index contributed by atoms with van der Waals surface area (Å²) in [4.78, 5) is 15.3. The molecular formula is C14H17N3O3. The number of aromatic nitrogens is 3. The van der Waals surface area contributed by atoms with Crippen LogP contribution in [0.4, 0.5) is 0 Å². The van der Waals surface area contributed by atoms with Crippen molar-refractivity contribution in [3.63, 3.8) is 0 Å². The van der Waals surface area contributed by atoms with Gasteiger partial charge in [-0.05, 0) is 18.6 Å². The Balaban J connectivity index is 1.83. The van der Waals surface area contributed by atoms with Crippen molar-refractivity contribution in [1.29, 1.82) is 0 Å². The highest BCUT2D eigenvalue weighted by Crippen LogP contribution is 2.08. The molecular weight excluding hydrogens is 258 g/mol. The van der Waals surface area contributed by atoms with E-state index in [1.54, 1.807) is 4.68 Å². The van der Waals surface area contributed by atoms with E-state index >= 15 is 0 Å². The van der Waals surface area contributed by atoms with Crippen molar-refractivity contribution in [2.75, 3.05) is 13.2 Å². The van der Waals surface area contributed by atoms with E-state index in [0.717, 1.165) is 18.5 Å². The molecule has 0 amide bonds. The molecule has 0 saturated carbocycles. The van der Waals surface area contributed by atoms with E-state index < -0.39 is 5.97 Å². The third-order valence-corrected chi connectivity index (χ3v) is 2.57. The van der Waals surface area contributed by atoms with Crippen molar-refractivity contribution in [2.24, 2.45) is 0 Å². The Morgan fingerprint density at radius 2 is 2.10 bits per heavy atom. The Hall–Kier alpha value is -2.37. The van der Waals surface area contributed by atoms with Gasteiger partial charge >= 0.3 is 12.0 Å². The predicted molar refractivity (Wildman–Crippen MR) is 72.7 cm³/mol. The van der Waals surface area contributed by atoms with Crippen LogP contribution in [0.3, 0.4) is 0 Å². The standard InChI is InChI=1S/C14H17N3O3/c1-2-3-9-19-13(18)10-20-14-15-11-17(16-14)12-7-5-4-6-8-12/h4-8,11H,2-3,9-10H2,1H3. The number of esters is 1. The van der Waals surface area contributed by atoms with E-state index in [-0.39, 0.29) is 12.6 Å². The first kappa shape index (κ1) is 14.0. The lowest BCUT2D eigenvalue weighted by molar-refractivity contribution is -0.146. The van der Waals surface area contributed by atoms with Gasteiger partial charge in [-0.2, -0.15) is 4.98 Å². The van der Waals surface area contributed by atoms with Crippen molar-refractivity contribution in [3.8, 4) is 11.7 Å². The predicted octanol–water partition coefficient (Wildman–Crippen LogP) is 1.99. The molecule has 1 aromatic carbocycles. The fraction of sp³-hybridized carbons (Fsp3) is 0.357. The summed E-state index contributed by atoms with van der Waals surface area (Å²) in [6, 6.07) is 9.69. The van der Waals surface area contributed by atoms with Crippen LogP contribution >= 0.6 is 0 Å². The molecule has 0 fully saturated rings. The van der Waals surface area contributed by atoms with Gasteiger partial charge in [0.1, 0.15) is 6.33 Å². The molecule has 1 heterocycles. The molecule has 106 valence electrons. The molecule has 1 aromatic heterocycles. The number of para-hydroxylation sites is 1. The Labute approximate surface area is 117 Å². The fourth-order valence-electron chi connectivity index (χ4n) is 1.51. The smallest absolute Gasteiger partial charge is 0.344 e. The summed E-state index contributed by atoms with van der Waals surface area (Å²) in [7, 11) is 0. The highest BCUT2D eigenvalue weighted by molar-refractivity contribution is 5.70. The SMILES string of the molecule is CCCCOC(=O)COc1ncn(-c2ccccc2)n1. The summed E-state index contributed by atoms with van der Waals surface area (Å²) < 4.78 is 11.7. The summed E-state index contributed by atoms with van der Waals surface area (Å²) >= 11 is 0. The third-order valence-electron chi connectivity index (χ3n) is 2.57. The normalized spacial score (nSPS) is 10.2. The van der Waals surface area contributed by atoms with E-state index in [0.29, 0.717) is 6.61 Å². The fourth-order valence-corrected chi connectivity index (χ4v) is 1.51. The molecule has 0 aliphatic carbocycles. The number of nitrogens with zero attached hydrogens (tertiary/aromatic N) is 3. The number of benzene rings is 1. The first-order chi connectivity index (χ1) is 9.79. The Morgan fingerprint density at radius 3 is 2.85 bits per heavy atom. The second-order valence-corrected chi connectivity index (χ2v) is 4.17. The molecule has 0 unspecified atom stereocenters. The van der Waals surface area contributed by atoms with Gasteiger partial charge in [0.25, 0.3) is 0 Å². The van der Waals surface area contributed by atoms with Gasteiger partial charge in [-0.25, -0.2) is 9.48 Å². The topological polar surface area (TPSA) is 66.2 Å². The molecule has 2 rings (SSSR count). The highest BCUT2D eigenvalue weighted by atomic mass is 16.6. The van der Waals surface area contributed by atoms with Crippen LogP contribution in [0.2, 0.25) is 0 Å². The first-order valence-corrected chi connectivity index (χ1v) is 6.55. The lowest BCUT2D eigenvalue weighted by Gasteiger charge is -2.03. The first-order valence-electron chi connectivity index (χ1n) is 6.55. The number of carbonyl (C=O) groups excluding carboxylic acids is 1. The number of ether oxygens (including phenoxy) is 2. The van der Waals surface area contributed by atoms with Gasteiger partial charge in [0, 0.05) is 0 Å². The molecule has 6 nitrogen and oxygen atoms in total. The second-order valence-electron chi connectivity index (χ2n) is 4.17. The zero-order valence-corrected chi connectivity index (χ0v) is 11.4. The molecule has 0 aliphatic rings. The van der Waals surface area contributed by atoms with Crippen molar-refractivity contribution in [3.05, 3.63) is 36.7 Å². The van der Waals surface area contributed by atoms with Crippen LogP contribution in [-0.2, 0) is 9.53 Å². The second kappa shape index (κ2) is 7.28. The van der Waals surface area contributed by atoms with Crippen molar-refractivity contribution in [2.45, 2.75) is 19.8 Å². The largest absolute Gasteiger partial charge is 0.463 e. The zero-order chi connectivity index (χ0) is 14.2. The van der Waals surface area contributed by atoms with E-state index in [9.17, 15) is 4.79 Å². The van der Waals surface area contributed by atoms with Gasteiger partial charge in [0.15, 0.2) is 6.61 Å². The minimum absolute atomic E-state index is 0.154. The molecule has 0 aliphatic heterocycles. The average Bonchev–Trinajstić information content (AvgIpc) is 2.95. The molecule has 0 N–H and O–H groups in total. The van der Waals surface area contributed by atoms with Crippen LogP contribution in [-0.4, -0.2) is 33.9 Å². The number of hydrogen-bond donors (Lipinski definition) is 0. The molecule has 0 saturated heterocycles. The van der Waals surface area contributed by atoms with Gasteiger partial charge in [0.05, 0.1) is 12.3 Å². The molecule has 0 bridgehead atoms. The minimum atomic E-state index is -0.408. The Bertz CT molecular complexity index is 540. The Kier molecular flexibility index (Phi) is 5.11. The van der Waals surface area contributed by atoms with Crippen molar-refractivity contribution in [1.82, 2.24) is 14.8 Å². The third kappa shape index (κ3) is 4.08. The maximum Gasteiger partial charge on any atom is 0.344 e.